The lowest BCUT2D eigenvalue weighted by Crippen LogP contribution is -2.27. The van der Waals surface area contributed by atoms with E-state index in [2.05, 4.69) is 36.2 Å². The summed E-state index contributed by atoms with van der Waals surface area (Å²) in [5.41, 5.74) is 1.46. The predicted molar refractivity (Wildman–Crippen MR) is 121 cm³/mol. The zero-order chi connectivity index (χ0) is 21.2. The highest BCUT2D eigenvalue weighted by molar-refractivity contribution is 7.14. The third kappa shape index (κ3) is 5.09. The summed E-state index contributed by atoms with van der Waals surface area (Å²) in [6, 6.07) is 5.41. The van der Waals surface area contributed by atoms with Crippen molar-refractivity contribution in [3.8, 4) is 0 Å². The highest BCUT2D eigenvalue weighted by Gasteiger charge is 2.19. The van der Waals surface area contributed by atoms with Gasteiger partial charge in [0.15, 0.2) is 5.78 Å². The number of ketones is 1. The maximum absolute atomic E-state index is 12.8. The third-order valence-electron chi connectivity index (χ3n) is 4.90. The summed E-state index contributed by atoms with van der Waals surface area (Å²) < 4.78 is 1.72. The largest absolute Gasteiger partial charge is 0.343 e. The molecule has 7 heteroatoms. The van der Waals surface area contributed by atoms with E-state index in [0.29, 0.717) is 12.1 Å². The average molecular weight is 417 g/mol. The summed E-state index contributed by atoms with van der Waals surface area (Å²) >= 11 is 1.45. The lowest BCUT2D eigenvalue weighted by Gasteiger charge is -2.17. The van der Waals surface area contributed by atoms with E-state index in [9.17, 15) is 9.59 Å². The molecule has 0 saturated heterocycles. The second kappa shape index (κ2) is 8.45. The highest BCUT2D eigenvalue weighted by Crippen LogP contribution is 2.27. The molecule has 29 heavy (non-hydrogen) atoms. The molecule has 0 aromatic carbocycles. The van der Waals surface area contributed by atoms with E-state index in [1.165, 1.54) is 11.3 Å². The minimum absolute atomic E-state index is 0. The van der Waals surface area contributed by atoms with E-state index in [1.807, 2.05) is 32.2 Å². The first kappa shape index (κ1) is 21.2. The fraction of sp³-hybridized carbons (Fsp3) is 0.455. The molecule has 0 saturated carbocycles. The van der Waals surface area contributed by atoms with Gasteiger partial charge in [-0.3, -0.25) is 19.3 Å². The summed E-state index contributed by atoms with van der Waals surface area (Å²) in [4.78, 5) is 31.2. The fourth-order valence-electron chi connectivity index (χ4n) is 3.23. The number of rotatable bonds is 7. The van der Waals surface area contributed by atoms with Crippen molar-refractivity contribution in [2.75, 3.05) is 0 Å². The summed E-state index contributed by atoms with van der Waals surface area (Å²) in [5, 5.41) is 7.91. The van der Waals surface area contributed by atoms with Gasteiger partial charge in [-0.1, -0.05) is 20.8 Å². The van der Waals surface area contributed by atoms with E-state index in [0.717, 1.165) is 33.5 Å². The first-order valence-corrected chi connectivity index (χ1v) is 10.7. The van der Waals surface area contributed by atoms with Gasteiger partial charge in [0.1, 0.15) is 5.69 Å². The van der Waals surface area contributed by atoms with Gasteiger partial charge in [0.25, 0.3) is 5.91 Å². The van der Waals surface area contributed by atoms with Crippen LogP contribution in [0.1, 0.15) is 80.9 Å². The Hall–Kier alpha value is -2.54. The number of carbonyl (C=O) groups excluding carboxylic acids is 2. The van der Waals surface area contributed by atoms with E-state index >= 15 is 0 Å². The van der Waals surface area contributed by atoms with E-state index in [1.54, 1.807) is 17.1 Å². The van der Waals surface area contributed by atoms with Gasteiger partial charge in [-0.05, 0) is 43.4 Å². The zero-order valence-corrected chi connectivity index (χ0v) is 18.5. The number of hydrogen-bond acceptors (Lipinski definition) is 5. The number of carbonyl (C=O) groups is 2. The molecule has 3 aromatic heterocycles. The van der Waals surface area contributed by atoms with Crippen LogP contribution in [-0.4, -0.2) is 26.5 Å². The standard InChI is InChI=1S/C22H28N4O2S.2H2/c1-14(18-8-9-19(29-18)17(27)7-6-11-22(2,3)4)25-21(28)20-15-13-24-26(5)16(15)10-12-23-20;;/h8-10,12-14H,6-7,11H2,1-5H3,(H,25,28);2*1H. The molecule has 158 valence electrons. The number of nitrogens with zero attached hydrogens (tertiary/aromatic N) is 3. The molecule has 6 nitrogen and oxygen atoms in total. The molecule has 0 bridgehead atoms. The van der Waals surface area contributed by atoms with Crippen LogP contribution in [0.5, 0.6) is 0 Å². The molecule has 0 aliphatic carbocycles. The van der Waals surface area contributed by atoms with E-state index in [-0.39, 0.29) is 26.0 Å². The predicted octanol–water partition coefficient (Wildman–Crippen LogP) is 5.41. The molecule has 1 unspecified atom stereocenters. The van der Waals surface area contributed by atoms with Crippen molar-refractivity contribution < 1.29 is 12.4 Å². The van der Waals surface area contributed by atoms with Crippen LogP contribution in [0.3, 0.4) is 0 Å². The molecular formula is C22H32N4O2S. The van der Waals surface area contributed by atoms with Gasteiger partial charge in [0.2, 0.25) is 0 Å². The van der Waals surface area contributed by atoms with E-state index in [4.69, 9.17) is 0 Å². The monoisotopic (exact) mass is 416 g/mol. The van der Waals surface area contributed by atoms with Crippen molar-refractivity contribution >= 4 is 33.9 Å². The number of thiophene rings is 1. The lowest BCUT2D eigenvalue weighted by atomic mass is 9.89. The number of hydrogen-bond donors (Lipinski definition) is 1. The zero-order valence-electron chi connectivity index (χ0n) is 17.7. The van der Waals surface area contributed by atoms with E-state index < -0.39 is 0 Å². The van der Waals surface area contributed by atoms with Crippen molar-refractivity contribution in [2.45, 2.75) is 53.0 Å². The Kier molecular flexibility index (Phi) is 6.17. The molecule has 0 spiro atoms. The average Bonchev–Trinajstić information content (AvgIpc) is 3.28. The van der Waals surface area contributed by atoms with Crippen LogP contribution >= 0.6 is 11.3 Å². The maximum Gasteiger partial charge on any atom is 0.271 e. The number of fused-ring (bicyclic) bond motifs is 1. The van der Waals surface area contributed by atoms with Crippen molar-refractivity contribution in [1.82, 2.24) is 20.1 Å². The van der Waals surface area contributed by atoms with Crippen molar-refractivity contribution in [2.24, 2.45) is 12.5 Å². The minimum Gasteiger partial charge on any atom is -0.343 e. The normalized spacial score (nSPS) is 12.9. The second-order valence-electron chi connectivity index (χ2n) is 8.60. The van der Waals surface area contributed by atoms with Crippen LogP contribution < -0.4 is 5.32 Å². The molecule has 3 heterocycles. The Bertz CT molecular complexity index is 1040. The van der Waals surface area contributed by atoms with Crippen LogP contribution in [0.4, 0.5) is 0 Å². The van der Waals surface area contributed by atoms with Gasteiger partial charge >= 0.3 is 0 Å². The molecule has 1 amide bonds. The molecule has 1 N–H and O–H groups in total. The third-order valence-corrected chi connectivity index (χ3v) is 6.21. The Morgan fingerprint density at radius 3 is 2.76 bits per heavy atom. The summed E-state index contributed by atoms with van der Waals surface area (Å²) in [5.74, 6) is -0.0756. The maximum atomic E-state index is 12.8. The van der Waals surface area contributed by atoms with Gasteiger partial charge in [-0.2, -0.15) is 5.10 Å². The Labute approximate surface area is 178 Å². The number of Topliss-reactive ketones (excluding diaryl/α,β-unsaturated/α-hetero) is 1. The molecule has 0 aliphatic rings. The molecule has 1 atom stereocenters. The SMILES string of the molecule is CC(NC(=O)c1nccc2c1cnn2C)c1ccc(C(=O)CCCC(C)(C)C)s1.[HH].[HH]. The van der Waals surface area contributed by atoms with Crippen molar-refractivity contribution in [3.05, 3.63) is 46.0 Å². The van der Waals surface area contributed by atoms with Gasteiger partial charge < -0.3 is 5.32 Å². The lowest BCUT2D eigenvalue weighted by molar-refractivity contribution is 0.0936. The summed E-state index contributed by atoms with van der Waals surface area (Å²) in [7, 11) is 1.83. The topological polar surface area (TPSA) is 76.9 Å². The molecule has 0 fully saturated rings. The van der Waals surface area contributed by atoms with Gasteiger partial charge in [0, 0.05) is 27.4 Å². The Morgan fingerprint density at radius 2 is 2.03 bits per heavy atom. The van der Waals surface area contributed by atoms with Crippen LogP contribution in [0.25, 0.3) is 10.9 Å². The van der Waals surface area contributed by atoms with Crippen LogP contribution in [0, 0.1) is 5.41 Å². The first-order valence-electron chi connectivity index (χ1n) is 9.86. The number of amides is 1. The molecule has 3 aromatic rings. The highest BCUT2D eigenvalue weighted by atomic mass is 32.1. The Balaban J connectivity index is 0.00000240. The number of aromatic nitrogens is 3. The minimum atomic E-state index is -0.248. The van der Waals surface area contributed by atoms with Crippen LogP contribution in [-0.2, 0) is 7.05 Å². The first-order chi connectivity index (χ1) is 13.7. The van der Waals surface area contributed by atoms with Gasteiger partial charge in [-0.15, -0.1) is 11.3 Å². The Morgan fingerprint density at radius 1 is 1.28 bits per heavy atom. The van der Waals surface area contributed by atoms with Crippen LogP contribution in [0.2, 0.25) is 0 Å². The number of nitrogens with one attached hydrogen (secondary N) is 1. The molecule has 0 aliphatic heterocycles. The molecular weight excluding hydrogens is 384 g/mol. The number of pyridine rings is 1. The quantitative estimate of drug-likeness (QED) is 0.522. The van der Waals surface area contributed by atoms with Crippen molar-refractivity contribution in [1.29, 1.82) is 0 Å². The van der Waals surface area contributed by atoms with Crippen LogP contribution in [0.15, 0.2) is 30.6 Å². The molecule has 3 rings (SSSR count). The number of aryl methyl sites for hydroxylation is 1. The second-order valence-corrected chi connectivity index (χ2v) is 9.71. The van der Waals surface area contributed by atoms with Crippen molar-refractivity contribution in [3.63, 3.8) is 0 Å². The summed E-state index contributed by atoms with van der Waals surface area (Å²) in [6.45, 7) is 8.48. The molecule has 0 radical (unpaired) electrons. The summed E-state index contributed by atoms with van der Waals surface area (Å²) in [6.07, 6.45) is 5.74. The smallest absolute Gasteiger partial charge is 0.271 e. The van der Waals surface area contributed by atoms with Gasteiger partial charge in [0.05, 0.1) is 28.0 Å². The fourth-order valence-corrected chi connectivity index (χ4v) is 4.21. The van der Waals surface area contributed by atoms with Gasteiger partial charge in [-0.25, -0.2) is 0 Å².